The summed E-state index contributed by atoms with van der Waals surface area (Å²) in [5.74, 6) is -1.24. The molecule has 1 aromatic heterocycles. The fraction of sp³-hybridized carbons (Fsp3) is 0.235. The number of pyridine rings is 1. The number of amides is 2. The molecule has 144 valence electrons. The van der Waals surface area contributed by atoms with Gasteiger partial charge in [-0.2, -0.15) is 13.2 Å². The highest BCUT2D eigenvalue weighted by Crippen LogP contribution is 2.25. The van der Waals surface area contributed by atoms with Gasteiger partial charge in [-0.05, 0) is 17.7 Å². The van der Waals surface area contributed by atoms with Gasteiger partial charge in [0.2, 0.25) is 11.8 Å². The van der Waals surface area contributed by atoms with Gasteiger partial charge in [0.1, 0.15) is 5.02 Å². The number of hydrogen-bond acceptors (Lipinski definition) is 4. The average Bonchev–Trinajstić information content (AvgIpc) is 2.61. The molecule has 2 amide bonds. The van der Waals surface area contributed by atoms with Crippen LogP contribution in [0.2, 0.25) is 5.02 Å². The van der Waals surface area contributed by atoms with E-state index >= 15 is 0 Å². The van der Waals surface area contributed by atoms with Gasteiger partial charge in [-0.25, -0.2) is 4.98 Å². The fourth-order valence-electron chi connectivity index (χ4n) is 2.06. The van der Waals surface area contributed by atoms with Gasteiger partial charge >= 0.3 is 6.18 Å². The smallest absolute Gasteiger partial charge is 0.422 e. The molecular formula is C17H15ClF3N3O3. The zero-order chi connectivity index (χ0) is 20.0. The summed E-state index contributed by atoms with van der Waals surface area (Å²) in [4.78, 5) is 27.6. The highest BCUT2D eigenvalue weighted by molar-refractivity contribution is 6.32. The molecular weight excluding hydrogens is 387 g/mol. The molecule has 0 saturated heterocycles. The first-order valence-corrected chi connectivity index (χ1v) is 8.02. The molecule has 0 fully saturated rings. The molecule has 1 heterocycles. The number of anilines is 1. The van der Waals surface area contributed by atoms with Crippen LogP contribution in [0.4, 0.5) is 18.9 Å². The van der Waals surface area contributed by atoms with E-state index in [1.807, 2.05) is 0 Å². The van der Waals surface area contributed by atoms with Crippen molar-refractivity contribution in [2.24, 2.45) is 0 Å². The first-order chi connectivity index (χ1) is 12.7. The van der Waals surface area contributed by atoms with Crippen molar-refractivity contribution in [3.63, 3.8) is 0 Å². The molecule has 0 aliphatic rings. The molecule has 2 aromatic rings. The van der Waals surface area contributed by atoms with E-state index < -0.39 is 24.6 Å². The quantitative estimate of drug-likeness (QED) is 0.779. The van der Waals surface area contributed by atoms with Crippen LogP contribution in [0.5, 0.6) is 5.88 Å². The first kappa shape index (κ1) is 20.5. The Morgan fingerprint density at radius 3 is 2.59 bits per heavy atom. The van der Waals surface area contributed by atoms with Crippen molar-refractivity contribution in [1.82, 2.24) is 10.3 Å². The number of aromatic nitrogens is 1. The van der Waals surface area contributed by atoms with Gasteiger partial charge in [-0.1, -0.05) is 29.8 Å². The summed E-state index contributed by atoms with van der Waals surface area (Å²) in [7, 11) is 1.50. The minimum atomic E-state index is -4.53. The molecule has 0 radical (unpaired) electrons. The summed E-state index contributed by atoms with van der Waals surface area (Å²) >= 11 is 5.84. The Bertz CT molecular complexity index is 844. The summed E-state index contributed by atoms with van der Waals surface area (Å²) in [6.07, 6.45) is -3.42. The summed E-state index contributed by atoms with van der Waals surface area (Å²) in [6.45, 7) is -1.54. The van der Waals surface area contributed by atoms with Crippen molar-refractivity contribution in [3.8, 4) is 5.88 Å². The predicted octanol–water partition coefficient (Wildman–Crippen LogP) is 3.22. The number of hydrogen-bond donors (Lipinski definition) is 2. The van der Waals surface area contributed by atoms with Crippen LogP contribution in [0, 0.1) is 0 Å². The van der Waals surface area contributed by atoms with Gasteiger partial charge in [0, 0.05) is 18.9 Å². The number of benzene rings is 1. The van der Waals surface area contributed by atoms with Crippen molar-refractivity contribution in [2.45, 2.75) is 12.6 Å². The number of carbonyl (C=O) groups excluding carboxylic acids is 2. The molecule has 0 saturated carbocycles. The minimum absolute atomic E-state index is 0.0223. The summed E-state index contributed by atoms with van der Waals surface area (Å²) in [6, 6.07) is 7.86. The van der Waals surface area contributed by atoms with Gasteiger partial charge in [0.05, 0.1) is 12.0 Å². The molecule has 27 heavy (non-hydrogen) atoms. The zero-order valence-electron chi connectivity index (χ0n) is 14.1. The average molecular weight is 402 g/mol. The molecule has 0 unspecified atom stereocenters. The van der Waals surface area contributed by atoms with Crippen molar-refractivity contribution in [3.05, 3.63) is 52.7 Å². The van der Waals surface area contributed by atoms with Gasteiger partial charge in [-0.3, -0.25) is 9.59 Å². The van der Waals surface area contributed by atoms with Crippen LogP contribution in [0.15, 0.2) is 36.5 Å². The Balaban J connectivity index is 2.13. The van der Waals surface area contributed by atoms with Crippen LogP contribution in [-0.2, 0) is 11.2 Å². The number of nitrogens with one attached hydrogen (secondary N) is 2. The van der Waals surface area contributed by atoms with Crippen LogP contribution >= 0.6 is 11.6 Å². The predicted molar refractivity (Wildman–Crippen MR) is 93.0 cm³/mol. The number of para-hydroxylation sites is 1. The van der Waals surface area contributed by atoms with Crippen LogP contribution in [0.3, 0.4) is 0 Å². The number of halogens is 4. The molecule has 0 bridgehead atoms. The Hall–Kier alpha value is -2.81. The van der Waals surface area contributed by atoms with Crippen molar-refractivity contribution in [2.75, 3.05) is 19.0 Å². The van der Waals surface area contributed by atoms with E-state index in [1.54, 1.807) is 24.3 Å². The molecule has 6 nitrogen and oxygen atoms in total. The van der Waals surface area contributed by atoms with Gasteiger partial charge < -0.3 is 15.4 Å². The van der Waals surface area contributed by atoms with E-state index in [2.05, 4.69) is 20.4 Å². The van der Waals surface area contributed by atoms with E-state index in [1.165, 1.54) is 7.05 Å². The molecule has 0 spiro atoms. The van der Waals surface area contributed by atoms with Gasteiger partial charge in [0.15, 0.2) is 6.61 Å². The summed E-state index contributed by atoms with van der Waals surface area (Å²) in [5, 5.41) is 4.88. The molecule has 2 rings (SSSR count). The van der Waals surface area contributed by atoms with Crippen molar-refractivity contribution in [1.29, 1.82) is 0 Å². The van der Waals surface area contributed by atoms with E-state index in [0.717, 1.165) is 12.3 Å². The highest BCUT2D eigenvalue weighted by Gasteiger charge is 2.29. The van der Waals surface area contributed by atoms with Crippen LogP contribution in [0.25, 0.3) is 0 Å². The Morgan fingerprint density at radius 1 is 1.26 bits per heavy atom. The topological polar surface area (TPSA) is 80.3 Å². The van der Waals surface area contributed by atoms with E-state index in [4.69, 9.17) is 11.6 Å². The van der Waals surface area contributed by atoms with Crippen LogP contribution < -0.4 is 15.4 Å². The maximum Gasteiger partial charge on any atom is 0.422 e. The summed E-state index contributed by atoms with van der Waals surface area (Å²) < 4.78 is 41.0. The normalized spacial score (nSPS) is 11.0. The van der Waals surface area contributed by atoms with Gasteiger partial charge in [0.25, 0.3) is 5.91 Å². The fourth-order valence-corrected chi connectivity index (χ4v) is 2.28. The summed E-state index contributed by atoms with van der Waals surface area (Å²) in [5.41, 5.74) is 1.03. The Kier molecular flexibility index (Phi) is 6.62. The van der Waals surface area contributed by atoms with Crippen molar-refractivity contribution < 1.29 is 27.5 Å². The zero-order valence-corrected chi connectivity index (χ0v) is 14.8. The van der Waals surface area contributed by atoms with Gasteiger partial charge in [-0.15, -0.1) is 0 Å². The lowest BCUT2D eigenvalue weighted by Gasteiger charge is -2.12. The highest BCUT2D eigenvalue weighted by atomic mass is 35.5. The van der Waals surface area contributed by atoms with E-state index in [9.17, 15) is 22.8 Å². The number of carbonyl (C=O) groups is 2. The third-order valence-corrected chi connectivity index (χ3v) is 3.61. The molecule has 10 heteroatoms. The molecule has 0 aliphatic carbocycles. The molecule has 0 atom stereocenters. The standard InChI is InChI=1S/C17H15ClF3N3O3/c1-22-14(25)7-10-4-2-3-5-13(10)24-15(26)11-6-12(18)16(23-8-11)27-9-17(19,20)21/h2-6,8H,7,9H2,1H3,(H,22,25)(H,24,26). The molecule has 1 aromatic carbocycles. The second kappa shape index (κ2) is 8.72. The maximum atomic E-state index is 12.4. The third kappa shape index (κ3) is 6.14. The number of likely N-dealkylation sites (N-methyl/N-ethyl adjacent to an activating group) is 1. The number of rotatable bonds is 6. The Morgan fingerprint density at radius 2 is 1.96 bits per heavy atom. The number of alkyl halides is 3. The van der Waals surface area contributed by atoms with E-state index in [0.29, 0.717) is 11.3 Å². The van der Waals surface area contributed by atoms with Crippen LogP contribution in [0.1, 0.15) is 15.9 Å². The number of nitrogens with zero attached hydrogens (tertiary/aromatic N) is 1. The largest absolute Gasteiger partial charge is 0.467 e. The third-order valence-electron chi connectivity index (χ3n) is 3.34. The van der Waals surface area contributed by atoms with Crippen LogP contribution in [-0.4, -0.2) is 36.6 Å². The second-order valence-corrected chi connectivity index (χ2v) is 5.78. The molecule has 2 N–H and O–H groups in total. The lowest BCUT2D eigenvalue weighted by Crippen LogP contribution is -2.21. The Labute approximate surface area is 157 Å². The second-order valence-electron chi connectivity index (χ2n) is 5.38. The maximum absolute atomic E-state index is 12.4. The van der Waals surface area contributed by atoms with Crippen molar-refractivity contribution >= 4 is 29.1 Å². The lowest BCUT2D eigenvalue weighted by atomic mass is 10.1. The van der Waals surface area contributed by atoms with E-state index in [-0.39, 0.29) is 22.9 Å². The monoisotopic (exact) mass is 401 g/mol. The first-order valence-electron chi connectivity index (χ1n) is 7.64. The minimum Gasteiger partial charge on any atom is -0.467 e. The lowest BCUT2D eigenvalue weighted by molar-refractivity contribution is -0.154. The SMILES string of the molecule is CNC(=O)Cc1ccccc1NC(=O)c1cnc(OCC(F)(F)F)c(Cl)c1. The molecule has 0 aliphatic heterocycles. The number of ether oxygens (including phenoxy) is 1.